The van der Waals surface area contributed by atoms with Crippen molar-refractivity contribution in [1.29, 1.82) is 0 Å². The zero-order chi connectivity index (χ0) is 26.0. The van der Waals surface area contributed by atoms with E-state index in [-0.39, 0.29) is 0 Å². The first kappa shape index (κ1) is 23.1. The Balaban J connectivity index is 1.00. The third-order valence-corrected chi connectivity index (χ3v) is 9.38. The number of rotatable bonds is 4. The highest BCUT2D eigenvalue weighted by molar-refractivity contribution is 5.68. The number of nitrogens with two attached hydrogens (primary N) is 1. The van der Waals surface area contributed by atoms with Crippen LogP contribution in [0.5, 0.6) is 0 Å². The number of nitrogens with one attached hydrogen (secondary N) is 1. The van der Waals surface area contributed by atoms with Crippen molar-refractivity contribution in [3.8, 4) is 17.1 Å². The molecule has 0 amide bonds. The molecule has 4 aliphatic rings. The van der Waals surface area contributed by atoms with Gasteiger partial charge in [-0.25, -0.2) is 0 Å². The molecule has 1 spiro atoms. The lowest BCUT2D eigenvalue weighted by Crippen LogP contribution is -2.53. The van der Waals surface area contributed by atoms with Gasteiger partial charge < -0.3 is 11.1 Å². The van der Waals surface area contributed by atoms with Crippen LogP contribution in [0.3, 0.4) is 0 Å². The van der Waals surface area contributed by atoms with Crippen LogP contribution in [0.25, 0.3) is 17.1 Å². The third-order valence-electron chi connectivity index (χ3n) is 9.38. The molecule has 198 valence electrons. The number of nitrogen functional groups attached to an aromatic ring is 1. The number of aryl methyl sites for hydroxylation is 4. The molecule has 8 heteroatoms. The highest BCUT2D eigenvalue weighted by Gasteiger charge is 2.53. The number of hydrogen-bond acceptors (Lipinski definition) is 7. The summed E-state index contributed by atoms with van der Waals surface area (Å²) in [5.41, 5.74) is 15.6. The third kappa shape index (κ3) is 4.18. The van der Waals surface area contributed by atoms with Crippen LogP contribution in [0.15, 0.2) is 48.5 Å². The van der Waals surface area contributed by atoms with Gasteiger partial charge in [0.15, 0.2) is 5.82 Å². The van der Waals surface area contributed by atoms with Gasteiger partial charge in [0.1, 0.15) is 0 Å². The number of hydrogen-bond donors (Lipinski definition) is 2. The molecule has 39 heavy (non-hydrogen) atoms. The van der Waals surface area contributed by atoms with Gasteiger partial charge in [-0.05, 0) is 104 Å². The summed E-state index contributed by atoms with van der Waals surface area (Å²) < 4.78 is 1.58. The minimum atomic E-state index is 0.293. The van der Waals surface area contributed by atoms with Crippen molar-refractivity contribution in [2.45, 2.75) is 63.8 Å². The molecular formula is C31H34N8. The van der Waals surface area contributed by atoms with Crippen LogP contribution < -0.4 is 11.1 Å². The normalized spacial score (nSPS) is 21.2. The minimum absolute atomic E-state index is 0.293. The lowest BCUT2D eigenvalue weighted by molar-refractivity contribution is 0.0301. The summed E-state index contributed by atoms with van der Waals surface area (Å²) in [6, 6.07) is 17.9. The van der Waals surface area contributed by atoms with Crippen molar-refractivity contribution in [2.24, 2.45) is 5.41 Å². The van der Waals surface area contributed by atoms with Crippen LogP contribution >= 0.6 is 0 Å². The maximum atomic E-state index is 6.30. The summed E-state index contributed by atoms with van der Waals surface area (Å²) >= 11 is 0. The summed E-state index contributed by atoms with van der Waals surface area (Å²) in [5.74, 6) is 1.36. The second-order valence-electron chi connectivity index (χ2n) is 12.0. The summed E-state index contributed by atoms with van der Waals surface area (Å²) in [5, 5.41) is 17.1. The highest BCUT2D eigenvalue weighted by atomic mass is 15.4. The summed E-state index contributed by atoms with van der Waals surface area (Å²) in [6.07, 6.45) is 10.8. The molecule has 3 heterocycles. The average molecular weight is 519 g/mol. The molecule has 1 atom stereocenters. The molecule has 2 aromatic carbocycles. The van der Waals surface area contributed by atoms with Crippen molar-refractivity contribution >= 4 is 17.6 Å². The Bertz CT molecular complexity index is 1560. The van der Waals surface area contributed by atoms with Gasteiger partial charge in [-0.2, -0.15) is 9.67 Å². The van der Waals surface area contributed by atoms with Crippen molar-refractivity contribution in [1.82, 2.24) is 29.9 Å². The molecule has 1 aliphatic heterocycles. The molecule has 8 nitrogen and oxygen atoms in total. The first-order valence-electron chi connectivity index (χ1n) is 14.4. The van der Waals surface area contributed by atoms with E-state index in [1.54, 1.807) is 4.68 Å². The summed E-state index contributed by atoms with van der Waals surface area (Å²) in [6.45, 7) is 2.66. The van der Waals surface area contributed by atoms with Crippen molar-refractivity contribution < 1.29 is 0 Å². The average Bonchev–Trinajstić information content (AvgIpc) is 3.71. The van der Waals surface area contributed by atoms with E-state index in [0.717, 1.165) is 54.9 Å². The quantitative estimate of drug-likeness (QED) is 0.372. The van der Waals surface area contributed by atoms with Gasteiger partial charge in [-0.15, -0.1) is 15.3 Å². The van der Waals surface area contributed by atoms with Gasteiger partial charge in [0.25, 0.3) is 0 Å². The SMILES string of the molecule is Nc1nc(Nc2ccc3c(c2)CC[C@@H](N2CC4(CC4)C2)CC3)nn1-c1cc2c(nn1)-c1ccccc1CCC2. The van der Waals surface area contributed by atoms with Gasteiger partial charge in [0.05, 0.1) is 5.69 Å². The number of fused-ring (bicyclic) bond motifs is 4. The molecule has 0 unspecified atom stereocenters. The van der Waals surface area contributed by atoms with E-state index < -0.39 is 0 Å². The van der Waals surface area contributed by atoms with Crippen LogP contribution in [-0.4, -0.2) is 49.0 Å². The predicted octanol–water partition coefficient (Wildman–Crippen LogP) is 4.88. The van der Waals surface area contributed by atoms with Crippen molar-refractivity contribution in [2.75, 3.05) is 24.1 Å². The van der Waals surface area contributed by atoms with E-state index in [2.05, 4.69) is 79.0 Å². The molecule has 0 radical (unpaired) electrons. The zero-order valence-electron chi connectivity index (χ0n) is 22.2. The molecule has 3 N–H and O–H groups in total. The fourth-order valence-corrected chi connectivity index (χ4v) is 6.95. The van der Waals surface area contributed by atoms with E-state index in [1.807, 2.05) is 0 Å². The smallest absolute Gasteiger partial charge is 0.248 e. The molecule has 3 aliphatic carbocycles. The fourth-order valence-electron chi connectivity index (χ4n) is 6.95. The second kappa shape index (κ2) is 8.88. The standard InChI is InChI=1S/C31H34N8/c32-29-34-30(37-39(29)27-17-23-6-3-5-21-4-1-2-7-26(21)28(23)36-35-27)33-24-11-8-20-9-12-25(13-10-22(20)16-24)38-18-31(19-38)14-15-31/h1-2,4,7-8,11,16-17,25H,3,5-6,9-10,12-15,18-19H2,(H3,32,33,34,37)/t25-/m0/s1. The molecule has 2 fully saturated rings. The van der Waals surface area contributed by atoms with Crippen molar-refractivity contribution in [3.05, 3.63) is 70.8 Å². The molecule has 2 aromatic heterocycles. The number of aromatic nitrogens is 5. The Morgan fingerprint density at radius 1 is 0.846 bits per heavy atom. The molecule has 1 saturated heterocycles. The van der Waals surface area contributed by atoms with Gasteiger partial charge in [-0.1, -0.05) is 30.3 Å². The van der Waals surface area contributed by atoms with Gasteiger partial charge in [0.2, 0.25) is 11.9 Å². The summed E-state index contributed by atoms with van der Waals surface area (Å²) in [4.78, 5) is 7.23. The largest absolute Gasteiger partial charge is 0.368 e. The van der Waals surface area contributed by atoms with Crippen molar-refractivity contribution in [3.63, 3.8) is 0 Å². The lowest BCUT2D eigenvalue weighted by Gasteiger charge is -2.45. The van der Waals surface area contributed by atoms with Gasteiger partial charge in [0, 0.05) is 30.4 Å². The number of anilines is 3. The van der Waals surface area contributed by atoms with E-state index in [1.165, 1.54) is 66.6 Å². The Kier molecular flexibility index (Phi) is 5.27. The number of benzene rings is 2. The topological polar surface area (TPSA) is 97.8 Å². The molecule has 8 rings (SSSR count). The maximum absolute atomic E-state index is 6.30. The van der Waals surface area contributed by atoms with Gasteiger partial charge >= 0.3 is 0 Å². The molecular weight excluding hydrogens is 484 g/mol. The van der Waals surface area contributed by atoms with Crippen LogP contribution in [0, 0.1) is 5.41 Å². The second-order valence-corrected chi connectivity index (χ2v) is 12.0. The Morgan fingerprint density at radius 3 is 2.54 bits per heavy atom. The Morgan fingerprint density at radius 2 is 1.67 bits per heavy atom. The number of likely N-dealkylation sites (tertiary alicyclic amines) is 1. The number of nitrogens with zero attached hydrogens (tertiary/aromatic N) is 6. The fraction of sp³-hybridized carbons (Fsp3) is 0.419. The van der Waals surface area contributed by atoms with E-state index in [0.29, 0.717) is 17.7 Å². The van der Waals surface area contributed by atoms with Crippen LogP contribution in [0.1, 0.15) is 54.4 Å². The van der Waals surface area contributed by atoms with Crippen LogP contribution in [0.4, 0.5) is 17.6 Å². The van der Waals surface area contributed by atoms with E-state index in [9.17, 15) is 0 Å². The Hall–Kier alpha value is -3.78. The Labute approximate surface area is 228 Å². The van der Waals surface area contributed by atoms with Gasteiger partial charge in [-0.3, -0.25) is 4.90 Å². The van der Waals surface area contributed by atoms with E-state index >= 15 is 0 Å². The highest BCUT2D eigenvalue weighted by Crippen LogP contribution is 2.54. The molecule has 1 saturated carbocycles. The minimum Gasteiger partial charge on any atom is -0.368 e. The maximum Gasteiger partial charge on any atom is 0.248 e. The van der Waals surface area contributed by atoms with E-state index in [4.69, 9.17) is 5.73 Å². The zero-order valence-corrected chi connectivity index (χ0v) is 22.2. The monoisotopic (exact) mass is 518 g/mol. The first-order valence-corrected chi connectivity index (χ1v) is 14.4. The first-order chi connectivity index (χ1) is 19.1. The van der Waals surface area contributed by atoms with Crippen LogP contribution in [0.2, 0.25) is 0 Å². The summed E-state index contributed by atoms with van der Waals surface area (Å²) in [7, 11) is 0. The lowest BCUT2D eigenvalue weighted by atomic mass is 9.92. The molecule has 4 aromatic rings. The van der Waals surface area contributed by atoms with Crippen LogP contribution in [-0.2, 0) is 25.7 Å². The predicted molar refractivity (Wildman–Crippen MR) is 152 cm³/mol. The molecule has 0 bridgehead atoms.